The summed E-state index contributed by atoms with van der Waals surface area (Å²) in [5, 5.41) is 2.58. The highest BCUT2D eigenvalue weighted by molar-refractivity contribution is 9.10. The van der Waals surface area contributed by atoms with E-state index in [-0.39, 0.29) is 18.5 Å². The van der Waals surface area contributed by atoms with Gasteiger partial charge in [0.2, 0.25) is 0 Å². The first-order valence-corrected chi connectivity index (χ1v) is 4.84. The maximum atomic E-state index is 13.0. The van der Waals surface area contributed by atoms with Crippen LogP contribution in [0.25, 0.3) is 0 Å². The van der Waals surface area contributed by atoms with Crippen molar-refractivity contribution in [2.45, 2.75) is 6.04 Å². The molecule has 1 aromatic carbocycles. The van der Waals surface area contributed by atoms with Crippen LogP contribution in [0.3, 0.4) is 0 Å². The summed E-state index contributed by atoms with van der Waals surface area (Å²) < 4.78 is 18.4. The molecule has 1 atom stereocenters. The van der Waals surface area contributed by atoms with E-state index in [4.69, 9.17) is 4.74 Å². The van der Waals surface area contributed by atoms with E-state index in [1.807, 2.05) is 0 Å². The van der Waals surface area contributed by atoms with Crippen LogP contribution in [0, 0.1) is 5.82 Å². The number of carbonyl (C=O) groups is 1. The van der Waals surface area contributed by atoms with Gasteiger partial charge in [-0.1, -0.05) is 15.9 Å². The molecule has 14 heavy (non-hydrogen) atoms. The van der Waals surface area contributed by atoms with Crippen molar-refractivity contribution in [2.75, 3.05) is 6.61 Å². The Labute approximate surface area is 88.4 Å². The van der Waals surface area contributed by atoms with E-state index in [0.29, 0.717) is 10.0 Å². The molecule has 0 aliphatic carbocycles. The van der Waals surface area contributed by atoms with Crippen LogP contribution >= 0.6 is 15.9 Å². The highest BCUT2D eigenvalue weighted by atomic mass is 79.9. The average Bonchev–Trinajstić information content (AvgIpc) is 2.50. The van der Waals surface area contributed by atoms with Crippen LogP contribution in [0.4, 0.5) is 9.18 Å². The largest absolute Gasteiger partial charge is 0.447 e. The van der Waals surface area contributed by atoms with Crippen molar-refractivity contribution >= 4 is 22.0 Å². The standard InChI is InChI=1S/C9H7BrFNO2/c10-6-1-5(2-7(11)3-6)8-4-14-9(13)12-8/h1-3,8H,4H2,(H,12,13). The maximum Gasteiger partial charge on any atom is 0.407 e. The lowest BCUT2D eigenvalue weighted by Crippen LogP contribution is -2.18. The summed E-state index contributed by atoms with van der Waals surface area (Å²) in [6.45, 7) is 0.245. The van der Waals surface area contributed by atoms with Gasteiger partial charge in [0.15, 0.2) is 0 Å². The third-order valence-corrected chi connectivity index (χ3v) is 2.42. The van der Waals surface area contributed by atoms with Crippen molar-refractivity contribution < 1.29 is 13.9 Å². The molecule has 74 valence electrons. The first kappa shape index (κ1) is 9.45. The molecule has 0 spiro atoms. The SMILES string of the molecule is O=C1NC(c2cc(F)cc(Br)c2)CO1. The van der Waals surface area contributed by atoms with Gasteiger partial charge in [-0.05, 0) is 23.8 Å². The van der Waals surface area contributed by atoms with Crippen LogP contribution in [0.5, 0.6) is 0 Å². The number of ether oxygens (including phenoxy) is 1. The zero-order valence-corrected chi connectivity index (χ0v) is 8.67. The number of benzene rings is 1. The smallest absolute Gasteiger partial charge is 0.407 e. The number of rotatable bonds is 1. The summed E-state index contributed by atoms with van der Waals surface area (Å²) in [6.07, 6.45) is -0.463. The molecule has 2 rings (SSSR count). The quantitative estimate of drug-likeness (QED) is 0.841. The molecule has 3 nitrogen and oxygen atoms in total. The summed E-state index contributed by atoms with van der Waals surface area (Å²) in [5.74, 6) is -0.337. The molecule has 0 bridgehead atoms. The predicted octanol–water partition coefficient (Wildman–Crippen LogP) is 2.37. The number of nitrogens with one attached hydrogen (secondary N) is 1. The fraction of sp³-hybridized carbons (Fsp3) is 0.222. The third-order valence-electron chi connectivity index (χ3n) is 1.96. The molecule has 0 aromatic heterocycles. The number of alkyl carbamates (subject to hydrolysis) is 1. The Bertz CT molecular complexity index is 363. The van der Waals surface area contributed by atoms with E-state index < -0.39 is 6.09 Å². The first-order chi connectivity index (χ1) is 6.65. The van der Waals surface area contributed by atoms with Crippen molar-refractivity contribution in [3.63, 3.8) is 0 Å². The molecule has 1 aliphatic heterocycles. The number of halogens is 2. The lowest BCUT2D eigenvalue weighted by atomic mass is 10.1. The zero-order valence-electron chi connectivity index (χ0n) is 7.09. The van der Waals surface area contributed by atoms with Gasteiger partial charge < -0.3 is 10.1 Å². The lowest BCUT2D eigenvalue weighted by Gasteiger charge is -2.07. The lowest BCUT2D eigenvalue weighted by molar-refractivity contribution is 0.177. The minimum atomic E-state index is -0.463. The average molecular weight is 260 g/mol. The van der Waals surface area contributed by atoms with Gasteiger partial charge in [-0.15, -0.1) is 0 Å². The van der Waals surface area contributed by atoms with Gasteiger partial charge in [0.25, 0.3) is 0 Å². The second-order valence-electron chi connectivity index (χ2n) is 3.00. The van der Waals surface area contributed by atoms with Crippen molar-refractivity contribution in [1.29, 1.82) is 0 Å². The molecule has 1 fully saturated rings. The summed E-state index contributed by atoms with van der Waals surface area (Å²) in [7, 11) is 0. The molecule has 1 heterocycles. The Hall–Kier alpha value is -1.10. The maximum absolute atomic E-state index is 13.0. The van der Waals surface area contributed by atoms with Crippen molar-refractivity contribution in [2.24, 2.45) is 0 Å². The Balaban J connectivity index is 2.27. The Morgan fingerprint density at radius 2 is 2.29 bits per heavy atom. The molecule has 1 unspecified atom stereocenters. The summed E-state index contributed by atoms with van der Waals surface area (Å²) in [4.78, 5) is 10.8. The number of cyclic esters (lactones) is 1. The third kappa shape index (κ3) is 1.87. The molecular formula is C9H7BrFNO2. The van der Waals surface area contributed by atoms with Gasteiger partial charge in [-0.2, -0.15) is 0 Å². The van der Waals surface area contributed by atoms with Gasteiger partial charge in [-0.25, -0.2) is 9.18 Å². The molecular weight excluding hydrogens is 253 g/mol. The van der Waals surface area contributed by atoms with Crippen molar-refractivity contribution in [1.82, 2.24) is 5.32 Å². The second kappa shape index (κ2) is 3.57. The number of amides is 1. The monoisotopic (exact) mass is 259 g/mol. The van der Waals surface area contributed by atoms with Gasteiger partial charge in [0.05, 0.1) is 6.04 Å². The molecule has 0 radical (unpaired) electrons. The van der Waals surface area contributed by atoms with E-state index >= 15 is 0 Å². The predicted molar refractivity (Wildman–Crippen MR) is 51.3 cm³/mol. The van der Waals surface area contributed by atoms with Crippen LogP contribution in [0.2, 0.25) is 0 Å². The minimum Gasteiger partial charge on any atom is -0.447 e. The van der Waals surface area contributed by atoms with Gasteiger partial charge in [-0.3, -0.25) is 0 Å². The normalized spacial score (nSPS) is 20.4. The Morgan fingerprint density at radius 1 is 1.50 bits per heavy atom. The van der Waals surface area contributed by atoms with Gasteiger partial charge in [0.1, 0.15) is 12.4 Å². The first-order valence-electron chi connectivity index (χ1n) is 4.04. The van der Waals surface area contributed by atoms with Gasteiger partial charge >= 0.3 is 6.09 Å². The second-order valence-corrected chi connectivity index (χ2v) is 3.91. The number of hydrogen-bond donors (Lipinski definition) is 1. The van der Waals surface area contributed by atoms with E-state index in [1.54, 1.807) is 6.07 Å². The van der Waals surface area contributed by atoms with Crippen LogP contribution in [-0.4, -0.2) is 12.7 Å². The van der Waals surface area contributed by atoms with Crippen molar-refractivity contribution in [3.05, 3.63) is 34.1 Å². The van der Waals surface area contributed by atoms with E-state index in [1.165, 1.54) is 12.1 Å². The molecule has 1 saturated heterocycles. The Morgan fingerprint density at radius 3 is 2.86 bits per heavy atom. The zero-order chi connectivity index (χ0) is 10.1. The summed E-state index contributed by atoms with van der Waals surface area (Å²) in [6, 6.07) is 4.24. The van der Waals surface area contributed by atoms with E-state index in [0.717, 1.165) is 0 Å². The number of carbonyl (C=O) groups excluding carboxylic acids is 1. The van der Waals surface area contributed by atoms with E-state index in [2.05, 4.69) is 21.2 Å². The minimum absolute atomic E-state index is 0.245. The molecule has 1 amide bonds. The van der Waals surface area contributed by atoms with Gasteiger partial charge in [0, 0.05) is 4.47 Å². The molecule has 1 aliphatic rings. The van der Waals surface area contributed by atoms with Crippen LogP contribution in [-0.2, 0) is 4.74 Å². The molecule has 1 aromatic rings. The Kier molecular flexibility index (Phi) is 2.41. The fourth-order valence-electron chi connectivity index (χ4n) is 1.34. The molecule has 0 saturated carbocycles. The van der Waals surface area contributed by atoms with Crippen LogP contribution in [0.1, 0.15) is 11.6 Å². The fourth-order valence-corrected chi connectivity index (χ4v) is 1.82. The van der Waals surface area contributed by atoms with Crippen LogP contribution < -0.4 is 5.32 Å². The molecule has 5 heteroatoms. The van der Waals surface area contributed by atoms with E-state index in [9.17, 15) is 9.18 Å². The van der Waals surface area contributed by atoms with Crippen LogP contribution in [0.15, 0.2) is 22.7 Å². The highest BCUT2D eigenvalue weighted by Crippen LogP contribution is 2.23. The molecule has 1 N–H and O–H groups in total. The highest BCUT2D eigenvalue weighted by Gasteiger charge is 2.24. The number of hydrogen-bond acceptors (Lipinski definition) is 2. The van der Waals surface area contributed by atoms with Crippen molar-refractivity contribution in [3.8, 4) is 0 Å². The summed E-state index contributed by atoms with van der Waals surface area (Å²) in [5.41, 5.74) is 0.697. The topological polar surface area (TPSA) is 38.3 Å². The summed E-state index contributed by atoms with van der Waals surface area (Å²) >= 11 is 3.18.